The zero-order chi connectivity index (χ0) is 38.6. The molecule has 0 saturated heterocycles. The zero-order valence-electron chi connectivity index (χ0n) is 30.3. The molecule has 51 heavy (non-hydrogen) atoms. The molecule has 1 aromatic heterocycles. The van der Waals surface area contributed by atoms with Crippen LogP contribution in [0.4, 0.5) is 5.69 Å². The van der Waals surface area contributed by atoms with Gasteiger partial charge in [0.1, 0.15) is 29.8 Å². The van der Waals surface area contributed by atoms with Gasteiger partial charge in [0.2, 0.25) is 41.4 Å². The highest BCUT2D eigenvalue weighted by Gasteiger charge is 2.37. The Morgan fingerprint density at radius 2 is 1.37 bits per heavy atom. The SMILES string of the molecule is CC[C@H](NC(C)=O)C(=O)N[C@H](C(=O)N[C@@H](CCC(C)C)C(=O)N[C@@H](CCC(N)=O)C(=O)Nc1ccc2c(CC(N)=O)cc(=O)oc2c1)C(C)(C)C. The first-order valence-electron chi connectivity index (χ1n) is 16.8. The third kappa shape index (κ3) is 13.5. The van der Waals surface area contributed by atoms with Crippen LogP contribution in [0.25, 0.3) is 11.0 Å². The topological polar surface area (TPSA) is 262 Å². The van der Waals surface area contributed by atoms with E-state index >= 15 is 0 Å². The molecule has 280 valence electrons. The lowest BCUT2D eigenvalue weighted by Crippen LogP contribution is -2.61. The quantitative estimate of drug-likeness (QED) is 0.108. The molecule has 0 unspecified atom stereocenters. The van der Waals surface area contributed by atoms with Crippen molar-refractivity contribution in [3.05, 3.63) is 40.2 Å². The Morgan fingerprint density at radius 3 is 1.92 bits per heavy atom. The van der Waals surface area contributed by atoms with Crippen LogP contribution >= 0.6 is 0 Å². The number of rotatable bonds is 18. The molecule has 2 rings (SSSR count). The molecule has 0 fully saturated rings. The summed E-state index contributed by atoms with van der Waals surface area (Å²) in [6.45, 7) is 12.1. The third-order valence-electron chi connectivity index (χ3n) is 7.96. The minimum absolute atomic E-state index is 0.0774. The van der Waals surface area contributed by atoms with Gasteiger partial charge in [-0.25, -0.2) is 4.79 Å². The molecule has 7 amide bonds. The first-order valence-corrected chi connectivity index (χ1v) is 16.8. The van der Waals surface area contributed by atoms with Crippen LogP contribution in [0.3, 0.4) is 0 Å². The summed E-state index contributed by atoms with van der Waals surface area (Å²) in [4.78, 5) is 101. The van der Waals surface area contributed by atoms with Crippen molar-refractivity contribution in [2.45, 2.75) is 111 Å². The van der Waals surface area contributed by atoms with Gasteiger partial charge >= 0.3 is 5.63 Å². The molecule has 0 aliphatic heterocycles. The number of carbonyl (C=O) groups is 7. The molecule has 0 bridgehead atoms. The van der Waals surface area contributed by atoms with Gasteiger partial charge in [-0.15, -0.1) is 0 Å². The second kappa shape index (κ2) is 18.6. The first kappa shape index (κ1) is 41.9. The van der Waals surface area contributed by atoms with Gasteiger partial charge in [0.15, 0.2) is 0 Å². The summed E-state index contributed by atoms with van der Waals surface area (Å²) in [7, 11) is 0. The first-order chi connectivity index (χ1) is 23.7. The van der Waals surface area contributed by atoms with Crippen molar-refractivity contribution in [3.63, 3.8) is 0 Å². The lowest BCUT2D eigenvalue weighted by atomic mass is 9.85. The van der Waals surface area contributed by atoms with Crippen molar-refractivity contribution in [1.29, 1.82) is 0 Å². The Kier molecular flexibility index (Phi) is 15.3. The van der Waals surface area contributed by atoms with E-state index in [-0.39, 0.29) is 49.3 Å². The minimum Gasteiger partial charge on any atom is -0.423 e. The van der Waals surface area contributed by atoms with Crippen LogP contribution in [0.2, 0.25) is 0 Å². The van der Waals surface area contributed by atoms with Crippen LogP contribution < -0.4 is 43.7 Å². The number of primary amides is 2. The van der Waals surface area contributed by atoms with Gasteiger partial charge in [0.25, 0.3) is 0 Å². The van der Waals surface area contributed by atoms with Crippen molar-refractivity contribution in [3.8, 4) is 0 Å². The highest BCUT2D eigenvalue weighted by atomic mass is 16.4. The Hall–Kier alpha value is -5.28. The van der Waals surface area contributed by atoms with Gasteiger partial charge in [-0.05, 0) is 54.7 Å². The molecular formula is C35H51N7O9. The van der Waals surface area contributed by atoms with E-state index in [1.807, 2.05) is 13.8 Å². The van der Waals surface area contributed by atoms with Gasteiger partial charge in [-0.3, -0.25) is 33.6 Å². The minimum atomic E-state index is -1.28. The number of amides is 7. The van der Waals surface area contributed by atoms with Crippen LogP contribution in [-0.2, 0) is 40.0 Å². The maximum Gasteiger partial charge on any atom is 0.336 e. The number of benzene rings is 1. The van der Waals surface area contributed by atoms with Crippen LogP contribution in [0.1, 0.15) is 86.1 Å². The van der Waals surface area contributed by atoms with E-state index in [9.17, 15) is 38.4 Å². The number of nitrogens with one attached hydrogen (secondary N) is 5. The Balaban J connectivity index is 2.36. The van der Waals surface area contributed by atoms with Gasteiger partial charge in [0, 0.05) is 36.6 Å². The molecule has 16 heteroatoms. The molecule has 0 aliphatic carbocycles. The van der Waals surface area contributed by atoms with Crippen molar-refractivity contribution in [2.75, 3.05) is 5.32 Å². The van der Waals surface area contributed by atoms with Gasteiger partial charge in [-0.2, -0.15) is 0 Å². The lowest BCUT2D eigenvalue weighted by molar-refractivity contribution is -0.136. The van der Waals surface area contributed by atoms with Crippen LogP contribution in [0, 0.1) is 11.3 Å². The number of hydrogen-bond donors (Lipinski definition) is 7. The summed E-state index contributed by atoms with van der Waals surface area (Å²) in [5.74, 6) is -4.28. The van der Waals surface area contributed by atoms with Gasteiger partial charge < -0.3 is 42.5 Å². The summed E-state index contributed by atoms with van der Waals surface area (Å²) in [5.41, 5.74) is 9.73. The van der Waals surface area contributed by atoms with E-state index in [0.717, 1.165) is 6.07 Å². The van der Waals surface area contributed by atoms with Crippen LogP contribution in [-0.4, -0.2) is 65.5 Å². The van der Waals surface area contributed by atoms with E-state index in [1.165, 1.54) is 25.1 Å². The fourth-order valence-corrected chi connectivity index (χ4v) is 5.24. The molecule has 1 aromatic carbocycles. The second-order valence-electron chi connectivity index (χ2n) is 14.0. The Morgan fingerprint density at radius 1 is 0.765 bits per heavy atom. The number of carbonyl (C=O) groups excluding carboxylic acids is 7. The highest BCUT2D eigenvalue weighted by molar-refractivity contribution is 6.00. The summed E-state index contributed by atoms with van der Waals surface area (Å²) in [6.07, 6.45) is 0.347. The standard InChI is InChI=1S/C35H51N7O9/c1-8-23(38-19(4)43)31(47)42-30(35(5,6)7)34(50)41-24(12-9-18(2)3)33(49)40-25(13-14-27(36)44)32(48)39-21-10-11-22-20(15-28(37)45)16-29(46)51-26(22)17-21/h10-11,16-18,23-25,30H,8-9,12-15H2,1-7H3,(H2,36,44)(H2,37,45)(H,38,43)(H,39,48)(H,40,49)(H,41,50)(H,42,47)/t23-,24-,25-,30+/m0/s1. The molecule has 0 radical (unpaired) electrons. The Labute approximate surface area is 296 Å². The van der Waals surface area contributed by atoms with Crippen LogP contribution in [0.15, 0.2) is 33.5 Å². The smallest absolute Gasteiger partial charge is 0.336 e. The molecule has 0 saturated carbocycles. The fourth-order valence-electron chi connectivity index (χ4n) is 5.24. The average molecular weight is 714 g/mol. The molecule has 4 atom stereocenters. The van der Waals surface area contributed by atoms with E-state index in [1.54, 1.807) is 27.7 Å². The molecule has 2 aromatic rings. The molecule has 16 nitrogen and oxygen atoms in total. The number of anilines is 1. The number of fused-ring (bicyclic) bond motifs is 1. The van der Waals surface area contributed by atoms with Gasteiger partial charge in [0.05, 0.1) is 6.42 Å². The molecule has 0 aliphatic rings. The molecule has 1 heterocycles. The lowest BCUT2D eigenvalue weighted by Gasteiger charge is -2.33. The Bertz CT molecular complexity index is 1680. The molecule has 9 N–H and O–H groups in total. The largest absolute Gasteiger partial charge is 0.423 e. The fraction of sp³-hybridized carbons (Fsp3) is 0.543. The van der Waals surface area contributed by atoms with E-state index in [2.05, 4.69) is 26.6 Å². The predicted molar refractivity (Wildman–Crippen MR) is 190 cm³/mol. The van der Waals surface area contributed by atoms with E-state index < -0.39 is 76.6 Å². The monoisotopic (exact) mass is 713 g/mol. The summed E-state index contributed by atoms with van der Waals surface area (Å²) < 4.78 is 5.25. The molecule has 0 spiro atoms. The van der Waals surface area contributed by atoms with Crippen molar-refractivity contribution < 1.29 is 38.0 Å². The summed E-state index contributed by atoms with van der Waals surface area (Å²) in [6, 6.07) is 1.15. The van der Waals surface area contributed by atoms with E-state index in [0.29, 0.717) is 17.4 Å². The highest BCUT2D eigenvalue weighted by Crippen LogP contribution is 2.23. The second-order valence-corrected chi connectivity index (χ2v) is 14.0. The van der Waals surface area contributed by atoms with Crippen LogP contribution in [0.5, 0.6) is 0 Å². The van der Waals surface area contributed by atoms with Crippen molar-refractivity contribution >= 4 is 58.0 Å². The number of hydrogen-bond acceptors (Lipinski definition) is 9. The number of nitrogens with two attached hydrogens (primary N) is 2. The van der Waals surface area contributed by atoms with Gasteiger partial charge in [-0.1, -0.05) is 41.5 Å². The maximum atomic E-state index is 13.8. The normalized spacial score (nSPS) is 13.7. The maximum absolute atomic E-state index is 13.8. The molecular weight excluding hydrogens is 662 g/mol. The summed E-state index contributed by atoms with van der Waals surface area (Å²) in [5, 5.41) is 13.7. The third-order valence-corrected chi connectivity index (χ3v) is 7.96. The van der Waals surface area contributed by atoms with Crippen molar-refractivity contribution in [2.24, 2.45) is 22.8 Å². The van der Waals surface area contributed by atoms with E-state index in [4.69, 9.17) is 15.9 Å². The van der Waals surface area contributed by atoms with Crippen molar-refractivity contribution in [1.82, 2.24) is 21.3 Å². The predicted octanol–water partition coefficient (Wildman–Crippen LogP) is 0.876. The summed E-state index contributed by atoms with van der Waals surface area (Å²) >= 11 is 0. The zero-order valence-corrected chi connectivity index (χ0v) is 30.3. The average Bonchev–Trinajstić information content (AvgIpc) is 3.00.